The van der Waals surface area contributed by atoms with Crippen LogP contribution in [0.15, 0.2) is 91.0 Å². The first-order valence-electron chi connectivity index (χ1n) is 24.6. The lowest BCUT2D eigenvalue weighted by Gasteiger charge is -2.42. The smallest absolute Gasteiger partial charge is 0.405 e. The molecule has 3 aliphatic heterocycles. The molecule has 10 rings (SSSR count). The van der Waals surface area contributed by atoms with Crippen molar-refractivity contribution in [1.82, 2.24) is 34.9 Å². The predicted molar refractivity (Wildman–Crippen MR) is 274 cm³/mol. The highest BCUT2D eigenvalue weighted by atomic mass is 32.1. The lowest BCUT2D eigenvalue weighted by molar-refractivity contribution is -0.197. The Labute approximate surface area is 428 Å². The number of piperidine rings is 1. The molecular weight excluding hydrogens is 976 g/mol. The summed E-state index contributed by atoms with van der Waals surface area (Å²) >= 11 is 1.40. The van der Waals surface area contributed by atoms with Crippen molar-refractivity contribution in [3.63, 3.8) is 0 Å². The van der Waals surface area contributed by atoms with Crippen molar-refractivity contribution in [2.45, 2.75) is 63.7 Å². The normalized spacial score (nSPS) is 17.6. The summed E-state index contributed by atoms with van der Waals surface area (Å²) in [5.74, 6) is -1.15. The number of para-hydroxylation sites is 1. The van der Waals surface area contributed by atoms with E-state index >= 15 is 0 Å². The van der Waals surface area contributed by atoms with Crippen molar-refractivity contribution in [2.75, 3.05) is 62.7 Å². The van der Waals surface area contributed by atoms with Gasteiger partial charge < -0.3 is 24.4 Å². The number of carboxylic acids is 1. The fraction of sp³-hybridized carbons (Fsp3) is 0.352. The van der Waals surface area contributed by atoms with Gasteiger partial charge in [-0.2, -0.15) is 18.3 Å². The van der Waals surface area contributed by atoms with E-state index in [-0.39, 0.29) is 62.7 Å². The van der Waals surface area contributed by atoms with Crippen LogP contribution < -0.4 is 25.0 Å². The zero-order valence-electron chi connectivity index (χ0n) is 40.8. The molecule has 6 heterocycles. The minimum atomic E-state index is -4.43. The van der Waals surface area contributed by atoms with Crippen LogP contribution >= 0.6 is 11.3 Å². The number of piperazine rings is 1. The Kier molecular flexibility index (Phi) is 14.4. The van der Waals surface area contributed by atoms with Gasteiger partial charge in [0, 0.05) is 81.9 Å². The third kappa shape index (κ3) is 10.6. The minimum absolute atomic E-state index is 0.132. The summed E-state index contributed by atoms with van der Waals surface area (Å²) in [5.41, 5.74) is 6.12. The second-order valence-electron chi connectivity index (χ2n) is 18.8. The van der Waals surface area contributed by atoms with Crippen LogP contribution in [0, 0.1) is 6.92 Å². The largest absolute Gasteiger partial charge is 0.493 e. The number of benzene rings is 4. The maximum absolute atomic E-state index is 14.5. The Morgan fingerprint density at radius 2 is 1.70 bits per heavy atom. The highest BCUT2D eigenvalue weighted by Gasteiger charge is 2.46. The van der Waals surface area contributed by atoms with E-state index < -0.39 is 24.1 Å². The number of pyridine rings is 1. The molecule has 74 heavy (non-hydrogen) atoms. The van der Waals surface area contributed by atoms with Crippen molar-refractivity contribution >= 4 is 67.1 Å². The first kappa shape index (κ1) is 50.1. The highest BCUT2D eigenvalue weighted by Crippen LogP contribution is 2.36. The van der Waals surface area contributed by atoms with Gasteiger partial charge in [-0.05, 0) is 103 Å². The number of aryl methyl sites for hydroxylation is 1. The van der Waals surface area contributed by atoms with Crippen LogP contribution in [0.2, 0.25) is 0 Å². The molecule has 3 aliphatic rings. The van der Waals surface area contributed by atoms with Gasteiger partial charge in [0.25, 0.3) is 5.91 Å². The zero-order chi connectivity index (χ0) is 51.7. The molecule has 384 valence electrons. The number of aromatic carboxylic acids is 1. The molecule has 2 saturated heterocycles. The number of anilines is 2. The Hall–Kier alpha value is -7.42. The van der Waals surface area contributed by atoms with Crippen molar-refractivity contribution in [3.8, 4) is 22.6 Å². The molecular formula is C54H54F3N9O7S. The third-order valence-corrected chi connectivity index (χ3v) is 15.1. The van der Waals surface area contributed by atoms with Gasteiger partial charge in [-0.15, -0.1) is 0 Å². The Morgan fingerprint density at radius 3 is 2.51 bits per heavy atom. The molecule has 0 aliphatic carbocycles. The number of imide groups is 1. The first-order chi connectivity index (χ1) is 35.7. The molecule has 16 nitrogen and oxygen atoms in total. The Balaban J connectivity index is 0.720. The summed E-state index contributed by atoms with van der Waals surface area (Å²) in [5, 5.41) is 21.6. The van der Waals surface area contributed by atoms with E-state index in [1.54, 1.807) is 54.2 Å². The lowest BCUT2D eigenvalue weighted by Crippen LogP contribution is -2.59. The van der Waals surface area contributed by atoms with Gasteiger partial charge in [-0.25, -0.2) is 14.8 Å². The third-order valence-electron chi connectivity index (χ3n) is 14.1. The molecule has 2 fully saturated rings. The van der Waals surface area contributed by atoms with Crippen molar-refractivity contribution < 1.29 is 46.9 Å². The minimum Gasteiger partial charge on any atom is -0.493 e. The van der Waals surface area contributed by atoms with E-state index in [1.165, 1.54) is 16.2 Å². The zero-order valence-corrected chi connectivity index (χ0v) is 41.6. The predicted octanol–water partition coefficient (Wildman–Crippen LogP) is 8.37. The highest BCUT2D eigenvalue weighted by molar-refractivity contribution is 7.22. The van der Waals surface area contributed by atoms with E-state index in [1.807, 2.05) is 65.3 Å². The molecule has 2 atom stereocenters. The number of halogens is 3. The molecule has 3 N–H and O–H groups in total. The van der Waals surface area contributed by atoms with Gasteiger partial charge in [0.2, 0.25) is 11.8 Å². The number of thiazole rings is 1. The molecule has 4 aromatic carbocycles. The molecule has 2 unspecified atom stereocenters. The molecule has 3 amide bonds. The average Bonchev–Trinajstić information content (AvgIpc) is 3.95. The summed E-state index contributed by atoms with van der Waals surface area (Å²) in [6.07, 6.45) is -2.34. The molecule has 0 radical (unpaired) electrons. The fourth-order valence-corrected chi connectivity index (χ4v) is 11.2. The van der Waals surface area contributed by atoms with E-state index in [0.717, 1.165) is 32.2 Å². The summed E-state index contributed by atoms with van der Waals surface area (Å²) in [6, 6.07) is 26.0. The average molecular weight is 1030 g/mol. The van der Waals surface area contributed by atoms with Gasteiger partial charge in [0.1, 0.15) is 23.4 Å². The number of carbonyl (C=O) groups excluding carboxylic acids is 3. The van der Waals surface area contributed by atoms with Gasteiger partial charge in [-0.3, -0.25) is 34.6 Å². The monoisotopic (exact) mass is 1030 g/mol. The first-order valence-corrected chi connectivity index (χ1v) is 25.5. The molecule has 0 bridgehead atoms. The van der Waals surface area contributed by atoms with Crippen LogP contribution in [0.25, 0.3) is 32.2 Å². The Bertz CT molecular complexity index is 3260. The summed E-state index contributed by atoms with van der Waals surface area (Å²) in [6.45, 7) is 4.33. The van der Waals surface area contributed by atoms with E-state index in [0.29, 0.717) is 102 Å². The number of amides is 3. The SMILES string of the molecule is Cc1c(OCCCN2CCN(CCCOc3ccc4c(C5CCC(=O)NC5=O)nn(C)c4c3)C(C(F)(F)F)C2)cccc1-c1ccc(N2CCc3cccc(C(=O)Nc4nc5ccccc5s4)c3C2)nc1C(=O)O. The van der Waals surface area contributed by atoms with Crippen molar-refractivity contribution in [2.24, 2.45) is 7.05 Å². The van der Waals surface area contributed by atoms with Crippen LogP contribution in [-0.4, -0.2) is 123 Å². The maximum Gasteiger partial charge on any atom is 0.405 e. The molecule has 20 heteroatoms. The lowest BCUT2D eigenvalue weighted by atomic mass is 9.93. The maximum atomic E-state index is 14.5. The molecule has 3 aromatic heterocycles. The van der Waals surface area contributed by atoms with E-state index in [4.69, 9.17) is 9.47 Å². The van der Waals surface area contributed by atoms with Crippen molar-refractivity contribution in [3.05, 3.63) is 125 Å². The summed E-state index contributed by atoms with van der Waals surface area (Å²) in [4.78, 5) is 65.1. The quantitative estimate of drug-likeness (QED) is 0.0620. The number of hydrogen-bond acceptors (Lipinski definition) is 13. The number of rotatable bonds is 16. The number of carbonyl (C=O) groups is 4. The molecule has 0 spiro atoms. The standard InChI is InChI=1S/C54H54F3N9O7S/c1-32-35(36-17-19-46(59-49(36)52(70)71)66-24-21-33-9-5-11-37(40(33)30-66)50(68)61-53-58-41-12-3-4-14-44(41)74-53)10-6-13-43(32)73-28-7-22-64-25-26-65(45(31-64)54(55,56)57)23-8-27-72-34-15-16-38-42(29-34)63(2)62-48(38)39-18-20-47(67)60-51(39)69/h3-6,9-17,19,29,39,45H,7-8,18,20-28,30-31H2,1-2H3,(H,70,71)(H,58,61,68)(H,60,67,69). The van der Waals surface area contributed by atoms with E-state index in [9.17, 15) is 37.5 Å². The summed E-state index contributed by atoms with van der Waals surface area (Å²) < 4.78 is 58.2. The van der Waals surface area contributed by atoms with Crippen LogP contribution in [0.3, 0.4) is 0 Å². The van der Waals surface area contributed by atoms with Crippen molar-refractivity contribution in [1.29, 1.82) is 0 Å². The Morgan fingerprint density at radius 1 is 0.892 bits per heavy atom. The number of alkyl halides is 3. The second-order valence-corrected chi connectivity index (χ2v) is 19.9. The number of carboxylic acid groups (broad SMARTS) is 1. The number of hydrogen-bond donors (Lipinski definition) is 3. The topological polar surface area (TPSA) is 184 Å². The van der Waals surface area contributed by atoms with Gasteiger partial charge in [0.15, 0.2) is 10.8 Å². The van der Waals surface area contributed by atoms with Crippen LogP contribution in [0.1, 0.15) is 74.8 Å². The summed E-state index contributed by atoms with van der Waals surface area (Å²) in [7, 11) is 1.76. The molecule has 7 aromatic rings. The van der Waals surface area contributed by atoms with Crippen LogP contribution in [0.4, 0.5) is 24.1 Å². The van der Waals surface area contributed by atoms with Crippen LogP contribution in [-0.2, 0) is 29.6 Å². The number of nitrogens with one attached hydrogen (secondary N) is 2. The van der Waals surface area contributed by atoms with Gasteiger partial charge in [0.05, 0.1) is 40.6 Å². The van der Waals surface area contributed by atoms with E-state index in [2.05, 4.69) is 25.7 Å². The number of fused-ring (bicyclic) bond motifs is 3. The second kappa shape index (κ2) is 21.2. The van der Waals surface area contributed by atoms with Crippen LogP contribution in [0.5, 0.6) is 11.5 Å². The fourth-order valence-electron chi connectivity index (χ4n) is 10.3. The number of nitrogens with zero attached hydrogens (tertiary/aromatic N) is 7. The van der Waals surface area contributed by atoms with Gasteiger partial charge >= 0.3 is 12.1 Å². The van der Waals surface area contributed by atoms with Gasteiger partial charge in [-0.1, -0.05) is 47.7 Å². The number of aromatic nitrogens is 4. The number of ether oxygens (including phenoxy) is 2. The molecule has 0 saturated carbocycles.